The van der Waals surface area contributed by atoms with Gasteiger partial charge in [-0.1, -0.05) is 31.0 Å². The lowest BCUT2D eigenvalue weighted by atomic mass is 9.77. The topological polar surface area (TPSA) is 60.0 Å². The lowest BCUT2D eigenvalue weighted by Gasteiger charge is -2.31. The van der Waals surface area contributed by atoms with E-state index >= 15 is 0 Å². The number of hydrogen-bond acceptors (Lipinski definition) is 5. The first kappa shape index (κ1) is 21.1. The molecule has 1 unspecified atom stereocenters. The van der Waals surface area contributed by atoms with Gasteiger partial charge in [-0.3, -0.25) is 4.79 Å². The SMILES string of the molecule is CC(NC(=O)C1(c2ccc3c(c2)OCCO3)CCCC1)c1ccc(N2CCOCC2)cc1. The largest absolute Gasteiger partial charge is 0.486 e. The van der Waals surface area contributed by atoms with Crippen molar-refractivity contribution in [1.82, 2.24) is 5.32 Å². The van der Waals surface area contributed by atoms with E-state index in [1.807, 2.05) is 18.2 Å². The Morgan fingerprint density at radius 1 is 0.938 bits per heavy atom. The number of benzene rings is 2. The zero-order valence-corrected chi connectivity index (χ0v) is 18.8. The second-order valence-electron chi connectivity index (χ2n) is 9.03. The van der Waals surface area contributed by atoms with Crippen molar-refractivity contribution in [3.05, 3.63) is 53.6 Å². The Morgan fingerprint density at radius 3 is 2.34 bits per heavy atom. The van der Waals surface area contributed by atoms with Crippen molar-refractivity contribution in [2.75, 3.05) is 44.4 Å². The molecule has 0 spiro atoms. The van der Waals surface area contributed by atoms with E-state index in [-0.39, 0.29) is 11.9 Å². The van der Waals surface area contributed by atoms with Crippen LogP contribution >= 0.6 is 0 Å². The molecule has 5 rings (SSSR count). The van der Waals surface area contributed by atoms with Crippen LogP contribution in [0.15, 0.2) is 42.5 Å². The highest BCUT2D eigenvalue weighted by molar-refractivity contribution is 5.89. The number of hydrogen-bond donors (Lipinski definition) is 1. The summed E-state index contributed by atoms with van der Waals surface area (Å²) in [5, 5.41) is 3.31. The highest BCUT2D eigenvalue weighted by Crippen LogP contribution is 2.44. The standard InChI is InChI=1S/C26H32N2O4/c1-19(20-4-7-22(8-5-20)28-12-14-30-15-13-28)27-25(29)26(10-2-3-11-26)21-6-9-23-24(18-21)32-17-16-31-23/h4-9,18-19H,2-3,10-17H2,1H3,(H,27,29). The van der Waals surface area contributed by atoms with Crippen LogP contribution in [0.3, 0.4) is 0 Å². The molecular weight excluding hydrogens is 404 g/mol. The normalized spacial score (nSPS) is 20.6. The second kappa shape index (κ2) is 9.02. The van der Waals surface area contributed by atoms with E-state index in [4.69, 9.17) is 14.2 Å². The van der Waals surface area contributed by atoms with E-state index in [1.54, 1.807) is 0 Å². The Bertz CT molecular complexity index is 947. The van der Waals surface area contributed by atoms with Crippen LogP contribution in [0.1, 0.15) is 49.8 Å². The fourth-order valence-electron chi connectivity index (χ4n) is 5.18. The molecule has 3 aliphatic rings. The monoisotopic (exact) mass is 436 g/mol. The summed E-state index contributed by atoms with van der Waals surface area (Å²) in [6.07, 6.45) is 3.84. The molecule has 2 aliphatic heterocycles. The maximum Gasteiger partial charge on any atom is 0.231 e. The number of nitrogens with one attached hydrogen (secondary N) is 1. The van der Waals surface area contributed by atoms with Crippen molar-refractivity contribution >= 4 is 11.6 Å². The van der Waals surface area contributed by atoms with E-state index < -0.39 is 5.41 Å². The molecule has 6 heteroatoms. The van der Waals surface area contributed by atoms with Gasteiger partial charge in [-0.25, -0.2) is 0 Å². The van der Waals surface area contributed by atoms with Gasteiger partial charge in [0, 0.05) is 18.8 Å². The van der Waals surface area contributed by atoms with Crippen LogP contribution in [0.4, 0.5) is 5.69 Å². The molecule has 2 fully saturated rings. The van der Waals surface area contributed by atoms with Gasteiger partial charge in [-0.05, 0) is 55.2 Å². The van der Waals surface area contributed by atoms with Crippen molar-refractivity contribution in [3.63, 3.8) is 0 Å². The quantitative estimate of drug-likeness (QED) is 0.768. The van der Waals surface area contributed by atoms with Crippen LogP contribution in [0.2, 0.25) is 0 Å². The molecule has 2 heterocycles. The predicted octanol–water partition coefficient (Wildman–Crippen LogP) is 3.98. The Kier molecular flexibility index (Phi) is 5.96. The first-order valence-corrected chi connectivity index (χ1v) is 11.8. The Hall–Kier alpha value is -2.73. The summed E-state index contributed by atoms with van der Waals surface area (Å²) < 4.78 is 16.9. The molecule has 0 aromatic heterocycles. The van der Waals surface area contributed by atoms with Crippen molar-refractivity contribution in [3.8, 4) is 11.5 Å². The Morgan fingerprint density at radius 2 is 1.62 bits per heavy atom. The fourth-order valence-corrected chi connectivity index (χ4v) is 5.18. The zero-order valence-electron chi connectivity index (χ0n) is 18.8. The van der Waals surface area contributed by atoms with Crippen molar-refractivity contribution < 1.29 is 19.0 Å². The van der Waals surface area contributed by atoms with Crippen LogP contribution in [0, 0.1) is 0 Å². The van der Waals surface area contributed by atoms with Gasteiger partial charge in [0.2, 0.25) is 5.91 Å². The minimum Gasteiger partial charge on any atom is -0.486 e. The number of amides is 1. The third kappa shape index (κ3) is 4.04. The van der Waals surface area contributed by atoms with Gasteiger partial charge in [0.05, 0.1) is 24.7 Å². The Balaban J connectivity index is 1.32. The average molecular weight is 437 g/mol. The molecule has 0 radical (unpaired) electrons. The third-order valence-corrected chi connectivity index (χ3v) is 7.10. The fraction of sp³-hybridized carbons (Fsp3) is 0.500. The zero-order chi connectivity index (χ0) is 22.0. The Labute approximate surface area is 189 Å². The van der Waals surface area contributed by atoms with Crippen molar-refractivity contribution in [1.29, 1.82) is 0 Å². The molecule has 6 nitrogen and oxygen atoms in total. The molecule has 1 atom stereocenters. The number of anilines is 1. The van der Waals surface area contributed by atoms with Gasteiger partial charge >= 0.3 is 0 Å². The molecule has 2 aromatic carbocycles. The molecule has 1 saturated heterocycles. The van der Waals surface area contributed by atoms with Gasteiger partial charge in [-0.15, -0.1) is 0 Å². The summed E-state index contributed by atoms with van der Waals surface area (Å²) in [5.74, 6) is 1.62. The number of nitrogens with zero attached hydrogens (tertiary/aromatic N) is 1. The van der Waals surface area contributed by atoms with E-state index in [0.29, 0.717) is 13.2 Å². The summed E-state index contributed by atoms with van der Waals surface area (Å²) in [6, 6.07) is 14.5. The van der Waals surface area contributed by atoms with Crippen molar-refractivity contribution in [2.24, 2.45) is 0 Å². The lowest BCUT2D eigenvalue weighted by molar-refractivity contribution is -0.127. The first-order valence-electron chi connectivity index (χ1n) is 11.8. The minimum absolute atomic E-state index is 0.0593. The van der Waals surface area contributed by atoms with Crippen LogP contribution < -0.4 is 19.7 Å². The van der Waals surface area contributed by atoms with Gasteiger partial charge in [0.1, 0.15) is 13.2 Å². The number of carbonyl (C=O) groups excluding carboxylic acids is 1. The van der Waals surface area contributed by atoms with Crippen LogP contribution in [0.5, 0.6) is 11.5 Å². The molecule has 1 aliphatic carbocycles. The van der Waals surface area contributed by atoms with E-state index in [1.165, 1.54) is 5.69 Å². The first-order chi connectivity index (χ1) is 15.7. The summed E-state index contributed by atoms with van der Waals surface area (Å²) >= 11 is 0. The number of rotatable bonds is 5. The minimum atomic E-state index is -0.502. The number of morpholine rings is 1. The molecular formula is C26H32N2O4. The highest BCUT2D eigenvalue weighted by Gasteiger charge is 2.43. The van der Waals surface area contributed by atoms with Gasteiger partial charge in [-0.2, -0.15) is 0 Å². The van der Waals surface area contributed by atoms with Crippen LogP contribution in [-0.4, -0.2) is 45.4 Å². The molecule has 1 saturated carbocycles. The molecule has 170 valence electrons. The van der Waals surface area contributed by atoms with Crippen LogP contribution in [-0.2, 0) is 14.9 Å². The summed E-state index contributed by atoms with van der Waals surface area (Å²) in [4.78, 5) is 16.0. The maximum absolute atomic E-state index is 13.6. The highest BCUT2D eigenvalue weighted by atomic mass is 16.6. The molecule has 0 bridgehead atoms. The predicted molar refractivity (Wildman–Crippen MR) is 124 cm³/mol. The smallest absolute Gasteiger partial charge is 0.231 e. The van der Waals surface area contributed by atoms with Gasteiger partial charge in [0.25, 0.3) is 0 Å². The molecule has 1 amide bonds. The molecule has 1 N–H and O–H groups in total. The summed E-state index contributed by atoms with van der Waals surface area (Å²) in [5.41, 5.74) is 2.86. The average Bonchev–Trinajstić information content (AvgIpc) is 3.36. The van der Waals surface area contributed by atoms with Gasteiger partial charge in [0.15, 0.2) is 11.5 Å². The number of fused-ring (bicyclic) bond motifs is 1. The van der Waals surface area contributed by atoms with Crippen LogP contribution in [0.25, 0.3) is 0 Å². The number of carbonyl (C=O) groups is 1. The molecule has 2 aromatic rings. The van der Waals surface area contributed by atoms with E-state index in [2.05, 4.69) is 41.4 Å². The molecule has 32 heavy (non-hydrogen) atoms. The third-order valence-electron chi connectivity index (χ3n) is 7.10. The maximum atomic E-state index is 13.6. The second-order valence-corrected chi connectivity index (χ2v) is 9.03. The van der Waals surface area contributed by atoms with Crippen molar-refractivity contribution in [2.45, 2.75) is 44.1 Å². The van der Waals surface area contributed by atoms with E-state index in [0.717, 1.165) is 74.6 Å². The van der Waals surface area contributed by atoms with E-state index in [9.17, 15) is 4.79 Å². The summed E-state index contributed by atoms with van der Waals surface area (Å²) in [6.45, 7) is 6.57. The van der Waals surface area contributed by atoms with Gasteiger partial charge < -0.3 is 24.4 Å². The lowest BCUT2D eigenvalue weighted by Crippen LogP contribution is -2.43. The summed E-state index contributed by atoms with van der Waals surface area (Å²) in [7, 11) is 0. The number of ether oxygens (including phenoxy) is 3.